The molecule has 0 fully saturated rings. The van der Waals surface area contributed by atoms with E-state index in [1.54, 1.807) is 0 Å². The molecule has 1 aromatic carbocycles. The second kappa shape index (κ2) is 9.79. The van der Waals surface area contributed by atoms with E-state index in [0.29, 0.717) is 12.1 Å². The van der Waals surface area contributed by atoms with Crippen LogP contribution in [0, 0.1) is 0 Å². The van der Waals surface area contributed by atoms with Crippen molar-refractivity contribution in [3.63, 3.8) is 0 Å². The second-order valence-electron chi connectivity index (χ2n) is 5.88. The summed E-state index contributed by atoms with van der Waals surface area (Å²) in [6.07, 6.45) is -5.67. The van der Waals surface area contributed by atoms with Crippen LogP contribution in [0.1, 0.15) is 10.4 Å². The summed E-state index contributed by atoms with van der Waals surface area (Å²) in [5.41, 5.74) is -1.36. The molecule has 0 aliphatic carbocycles. The summed E-state index contributed by atoms with van der Waals surface area (Å²) in [6.45, 7) is -3.24. The van der Waals surface area contributed by atoms with E-state index in [2.05, 4.69) is 4.74 Å². The van der Waals surface area contributed by atoms with E-state index in [1.165, 1.54) is 0 Å². The van der Waals surface area contributed by atoms with E-state index in [1.807, 2.05) is 0 Å². The Bertz CT molecular complexity index is 967. The Balaban J connectivity index is 0.0000102. The van der Waals surface area contributed by atoms with Gasteiger partial charge in [-0.3, -0.25) is 0 Å². The molecule has 0 aliphatic heterocycles. The molecule has 0 spiro atoms. The van der Waals surface area contributed by atoms with Crippen molar-refractivity contribution in [1.29, 1.82) is 0 Å². The summed E-state index contributed by atoms with van der Waals surface area (Å²) < 4.78 is 193. The first-order chi connectivity index (χ1) is 14.1. The van der Waals surface area contributed by atoms with Crippen molar-refractivity contribution in [2.75, 3.05) is 6.61 Å². The Labute approximate surface area is 198 Å². The molecule has 0 radical (unpaired) electrons. The van der Waals surface area contributed by atoms with Crippen LogP contribution >= 0.6 is 0 Å². The van der Waals surface area contributed by atoms with E-state index in [-0.39, 0.29) is 29.6 Å². The quantitative estimate of drug-likeness (QED) is 0.204. The van der Waals surface area contributed by atoms with Gasteiger partial charge in [-0.2, -0.15) is 43.9 Å². The smallest absolute Gasteiger partial charge is 0.744 e. The topological polar surface area (TPSA) is 83.5 Å². The Hall–Kier alpha value is -1.24. The molecule has 0 aliphatic rings. The summed E-state index contributed by atoms with van der Waals surface area (Å²) in [5, 5.41) is 0. The predicted molar refractivity (Wildman–Crippen MR) is 75.4 cm³/mol. The van der Waals surface area contributed by atoms with E-state index >= 15 is 0 Å². The Morgan fingerprint density at radius 1 is 0.879 bits per heavy atom. The second-order valence-corrected chi connectivity index (χ2v) is 7.23. The number of hydrogen-bond donors (Lipinski definition) is 0. The average molecular weight is 538 g/mol. The Kier molecular flexibility index (Phi) is 9.42. The summed E-state index contributed by atoms with van der Waals surface area (Å²) in [5.74, 6) is -39.1. The molecule has 0 bridgehead atoms. The van der Waals surface area contributed by atoms with Crippen molar-refractivity contribution in [2.24, 2.45) is 0 Å². The van der Waals surface area contributed by atoms with Gasteiger partial charge in [0.25, 0.3) is 0 Å². The minimum absolute atomic E-state index is 0. The third-order valence-electron chi connectivity index (χ3n) is 3.70. The van der Waals surface area contributed by atoms with Gasteiger partial charge in [-0.15, -0.1) is 0 Å². The molecule has 5 nitrogen and oxygen atoms in total. The van der Waals surface area contributed by atoms with Gasteiger partial charge in [-0.1, -0.05) is 12.1 Å². The van der Waals surface area contributed by atoms with Gasteiger partial charge in [0.05, 0.1) is 10.5 Å². The standard InChI is InChI=1S/C14H8F12O5S.Na/c15-9(16)11(19,20)13(23,24)14(25,26)12(21,22)10(17,18)5-31-8(27)6-3-1-2-4-7(6)32(28,29)30;/h1-4,9H,5H2,(H,28,29,30);/q;+1/p-1. The van der Waals surface area contributed by atoms with Gasteiger partial charge >= 0.3 is 71.6 Å². The summed E-state index contributed by atoms with van der Waals surface area (Å²) in [4.78, 5) is 10.2. The molecule has 0 saturated carbocycles. The van der Waals surface area contributed by atoms with E-state index in [4.69, 9.17) is 0 Å². The van der Waals surface area contributed by atoms with Crippen LogP contribution in [0.2, 0.25) is 0 Å². The van der Waals surface area contributed by atoms with Crippen molar-refractivity contribution >= 4 is 16.1 Å². The Morgan fingerprint density at radius 3 is 1.76 bits per heavy atom. The maximum absolute atomic E-state index is 13.6. The zero-order valence-electron chi connectivity index (χ0n) is 15.6. The van der Waals surface area contributed by atoms with Crippen molar-refractivity contribution in [3.8, 4) is 0 Å². The summed E-state index contributed by atoms with van der Waals surface area (Å²) in [6, 6.07) is 2.48. The van der Waals surface area contributed by atoms with Gasteiger partial charge in [0, 0.05) is 0 Å². The zero-order chi connectivity index (χ0) is 25.6. The summed E-state index contributed by atoms with van der Waals surface area (Å²) in [7, 11) is -5.49. The van der Waals surface area contributed by atoms with E-state index < -0.39 is 69.2 Å². The molecule has 0 aromatic heterocycles. The van der Waals surface area contributed by atoms with Crippen LogP contribution in [0.5, 0.6) is 0 Å². The predicted octanol–water partition coefficient (Wildman–Crippen LogP) is 1.19. The fourth-order valence-corrected chi connectivity index (χ4v) is 2.62. The van der Waals surface area contributed by atoms with E-state index in [9.17, 15) is 70.5 Å². The Morgan fingerprint density at radius 2 is 1.33 bits per heavy atom. The molecular weight excluding hydrogens is 531 g/mol. The molecular formula is C14H7F12NaO5S. The number of alkyl halides is 12. The number of benzene rings is 1. The number of carbonyl (C=O) groups is 1. The zero-order valence-corrected chi connectivity index (χ0v) is 18.4. The average Bonchev–Trinajstić information content (AvgIpc) is 2.64. The normalized spacial score (nSPS) is 14.1. The maximum atomic E-state index is 13.6. The largest absolute Gasteiger partial charge is 1.00 e. The van der Waals surface area contributed by atoms with Crippen LogP contribution in [0.15, 0.2) is 29.2 Å². The molecule has 0 unspecified atom stereocenters. The molecule has 1 aromatic rings. The number of hydrogen-bond acceptors (Lipinski definition) is 5. The van der Waals surface area contributed by atoms with Crippen molar-refractivity contribution < 1.29 is 105 Å². The van der Waals surface area contributed by atoms with Gasteiger partial charge < -0.3 is 9.29 Å². The van der Waals surface area contributed by atoms with Gasteiger partial charge in [-0.05, 0) is 12.1 Å². The van der Waals surface area contributed by atoms with Gasteiger partial charge in [0.1, 0.15) is 10.1 Å². The van der Waals surface area contributed by atoms with Crippen LogP contribution in [-0.4, -0.2) is 61.6 Å². The molecule has 33 heavy (non-hydrogen) atoms. The molecule has 0 amide bonds. The molecule has 19 heteroatoms. The van der Waals surface area contributed by atoms with Crippen molar-refractivity contribution in [1.82, 2.24) is 0 Å². The van der Waals surface area contributed by atoms with Crippen LogP contribution in [-0.2, 0) is 14.9 Å². The fourth-order valence-electron chi connectivity index (χ4n) is 1.95. The van der Waals surface area contributed by atoms with Gasteiger partial charge in [0.2, 0.25) is 0 Å². The van der Waals surface area contributed by atoms with E-state index in [0.717, 1.165) is 12.1 Å². The van der Waals surface area contributed by atoms with Crippen molar-refractivity contribution in [3.05, 3.63) is 29.8 Å². The first-order valence-electron chi connectivity index (χ1n) is 7.45. The molecule has 1 rings (SSSR count). The molecule has 0 N–H and O–H groups in total. The third kappa shape index (κ3) is 5.54. The molecule has 184 valence electrons. The van der Waals surface area contributed by atoms with Crippen LogP contribution in [0.3, 0.4) is 0 Å². The number of carbonyl (C=O) groups excluding carboxylic acids is 1. The first-order valence-corrected chi connectivity index (χ1v) is 8.86. The maximum Gasteiger partial charge on any atom is 1.00 e. The number of ether oxygens (including phenoxy) is 1. The minimum Gasteiger partial charge on any atom is -0.744 e. The molecule has 0 saturated heterocycles. The van der Waals surface area contributed by atoms with Gasteiger partial charge in [0.15, 0.2) is 6.61 Å². The minimum atomic E-state index is -7.81. The van der Waals surface area contributed by atoms with Gasteiger partial charge in [-0.25, -0.2) is 22.0 Å². The third-order valence-corrected chi connectivity index (χ3v) is 4.60. The monoisotopic (exact) mass is 538 g/mol. The summed E-state index contributed by atoms with van der Waals surface area (Å²) >= 11 is 0. The fraction of sp³-hybridized carbons (Fsp3) is 0.500. The van der Waals surface area contributed by atoms with Crippen LogP contribution < -0.4 is 29.6 Å². The van der Waals surface area contributed by atoms with Crippen LogP contribution in [0.25, 0.3) is 0 Å². The van der Waals surface area contributed by atoms with Crippen LogP contribution in [0.4, 0.5) is 52.7 Å². The SMILES string of the molecule is O=C(OCC(F)(F)C(F)(F)C(F)(F)C(F)(F)C(F)(F)C(F)F)c1ccccc1S(=O)(=O)[O-].[Na+]. The number of esters is 1. The number of halogens is 12. The number of rotatable bonds is 9. The first kappa shape index (κ1) is 31.8. The molecule has 0 atom stereocenters. The molecule has 0 heterocycles. The van der Waals surface area contributed by atoms with Crippen molar-refractivity contribution in [2.45, 2.75) is 40.9 Å².